The van der Waals surface area contributed by atoms with Crippen molar-refractivity contribution in [1.82, 2.24) is 0 Å². The van der Waals surface area contributed by atoms with Crippen LogP contribution in [0.5, 0.6) is 11.5 Å². The lowest BCUT2D eigenvalue weighted by molar-refractivity contribution is -0.152. The molecule has 1 aliphatic heterocycles. The van der Waals surface area contributed by atoms with E-state index in [4.69, 9.17) is 37.5 Å². The number of halogens is 2. The largest absolute Gasteiger partial charge is 0.493 e. The van der Waals surface area contributed by atoms with Crippen molar-refractivity contribution in [3.8, 4) is 11.5 Å². The number of aliphatic carboxylic acids is 1. The number of carboxylic acids is 1. The Morgan fingerprint density at radius 1 is 1.28 bits per heavy atom. The van der Waals surface area contributed by atoms with Gasteiger partial charge < -0.3 is 24.7 Å². The highest BCUT2D eigenvalue weighted by atomic mass is 35.5. The van der Waals surface area contributed by atoms with E-state index in [0.29, 0.717) is 34.4 Å². The lowest BCUT2D eigenvalue weighted by atomic mass is 9.90. The summed E-state index contributed by atoms with van der Waals surface area (Å²) in [4.78, 5) is 30.0. The molecule has 32 heavy (non-hydrogen) atoms. The number of carboxylic acid groups (broad SMARTS) is 1. The monoisotopic (exact) mass is 478 g/mol. The van der Waals surface area contributed by atoms with Crippen LogP contribution >= 0.6 is 23.2 Å². The molecule has 0 aromatic heterocycles. The molecule has 0 fully saturated rings. The highest BCUT2D eigenvalue weighted by Gasteiger charge is 2.49. The quantitative estimate of drug-likeness (QED) is 0.512. The number of hydrogen-bond donors (Lipinski definition) is 2. The molecule has 1 amide bonds. The average molecular weight is 479 g/mol. The van der Waals surface area contributed by atoms with Crippen LogP contribution in [-0.2, 0) is 14.4 Å². The van der Waals surface area contributed by atoms with Crippen LogP contribution in [0.25, 0.3) is 0 Å². The third kappa shape index (κ3) is 5.15. The van der Waals surface area contributed by atoms with E-state index >= 15 is 0 Å². The lowest BCUT2D eigenvalue weighted by Gasteiger charge is -2.24. The number of rotatable bonds is 9. The van der Waals surface area contributed by atoms with Crippen LogP contribution in [0.4, 0.5) is 5.69 Å². The molecule has 168 valence electrons. The molecule has 0 spiro atoms. The molecule has 1 heterocycles. The van der Waals surface area contributed by atoms with Gasteiger partial charge in [-0.25, -0.2) is 0 Å². The normalized spacial score (nSPS) is 17.2. The van der Waals surface area contributed by atoms with Gasteiger partial charge >= 0.3 is 5.97 Å². The zero-order valence-electron chi connectivity index (χ0n) is 17.1. The fourth-order valence-corrected chi connectivity index (χ4v) is 3.57. The van der Waals surface area contributed by atoms with Crippen LogP contribution in [0.1, 0.15) is 18.4 Å². The molecule has 10 heteroatoms. The predicted molar refractivity (Wildman–Crippen MR) is 121 cm³/mol. The molecule has 0 bridgehead atoms. The van der Waals surface area contributed by atoms with Crippen molar-refractivity contribution in [1.29, 1.82) is 0 Å². The minimum absolute atomic E-state index is 0.0770. The van der Waals surface area contributed by atoms with E-state index in [0.717, 1.165) is 0 Å². The summed E-state index contributed by atoms with van der Waals surface area (Å²) < 4.78 is 10.9. The molecular formula is C22H20Cl2N2O6. The minimum atomic E-state index is -1.75. The number of methoxy groups -OCH3 is 1. The first-order valence-corrected chi connectivity index (χ1v) is 10.2. The summed E-state index contributed by atoms with van der Waals surface area (Å²) in [5.74, 6) is -0.965. The standard InChI is InChI=1S/C22H20Cl2N2O6/c1-3-8-31-18-7-4-13(9-19(18)30-2)17-11-22(32-26-17,12-20(27)28)21(29)25-16-6-5-14(23)10-15(16)24/h3-7,9-10H,1,8,11-12H2,2H3,(H,25,29)(H,27,28). The van der Waals surface area contributed by atoms with Gasteiger partial charge in [-0.05, 0) is 36.4 Å². The van der Waals surface area contributed by atoms with E-state index in [1.807, 2.05) is 0 Å². The van der Waals surface area contributed by atoms with E-state index in [1.165, 1.54) is 19.2 Å². The smallest absolute Gasteiger partial charge is 0.308 e. The molecule has 2 N–H and O–H groups in total. The molecule has 8 nitrogen and oxygen atoms in total. The van der Waals surface area contributed by atoms with Crippen LogP contribution in [0.3, 0.4) is 0 Å². The molecule has 1 atom stereocenters. The van der Waals surface area contributed by atoms with Gasteiger partial charge in [-0.3, -0.25) is 9.59 Å². The third-order valence-electron chi connectivity index (χ3n) is 4.67. The van der Waals surface area contributed by atoms with Gasteiger partial charge in [0.1, 0.15) is 6.61 Å². The number of nitrogens with zero attached hydrogens (tertiary/aromatic N) is 1. The van der Waals surface area contributed by atoms with Gasteiger partial charge in [0, 0.05) is 17.0 Å². The molecular weight excluding hydrogens is 459 g/mol. The van der Waals surface area contributed by atoms with Gasteiger partial charge in [-0.15, -0.1) is 0 Å². The SMILES string of the molecule is C=CCOc1ccc(C2=NOC(CC(=O)O)(C(=O)Nc3ccc(Cl)cc3Cl)C2)cc1OC. The molecule has 0 radical (unpaired) electrons. The Morgan fingerprint density at radius 3 is 2.72 bits per heavy atom. The maximum Gasteiger partial charge on any atom is 0.308 e. The number of benzene rings is 2. The van der Waals surface area contributed by atoms with E-state index in [1.54, 1.807) is 30.3 Å². The minimum Gasteiger partial charge on any atom is -0.493 e. The summed E-state index contributed by atoms with van der Waals surface area (Å²) in [5.41, 5.74) is -0.502. The maximum absolute atomic E-state index is 13.1. The highest BCUT2D eigenvalue weighted by molar-refractivity contribution is 6.36. The van der Waals surface area contributed by atoms with Crippen LogP contribution in [0.2, 0.25) is 10.0 Å². The van der Waals surface area contributed by atoms with Crippen molar-refractivity contribution in [3.63, 3.8) is 0 Å². The number of nitrogens with one attached hydrogen (secondary N) is 1. The number of ether oxygens (including phenoxy) is 2. The van der Waals surface area contributed by atoms with E-state index in [9.17, 15) is 14.7 Å². The van der Waals surface area contributed by atoms with Gasteiger partial charge in [-0.2, -0.15) is 0 Å². The van der Waals surface area contributed by atoms with Gasteiger partial charge in [0.25, 0.3) is 5.91 Å². The molecule has 2 aromatic carbocycles. The fourth-order valence-electron chi connectivity index (χ4n) is 3.12. The Kier molecular flexibility index (Phi) is 7.27. The number of anilines is 1. The van der Waals surface area contributed by atoms with Crippen LogP contribution in [0, 0.1) is 0 Å². The van der Waals surface area contributed by atoms with Crippen LogP contribution in [-0.4, -0.2) is 42.0 Å². The first-order valence-electron chi connectivity index (χ1n) is 9.43. The summed E-state index contributed by atoms with van der Waals surface area (Å²) in [6, 6.07) is 9.60. The van der Waals surface area contributed by atoms with Crippen molar-refractivity contribution in [3.05, 3.63) is 64.7 Å². The molecule has 1 unspecified atom stereocenters. The summed E-state index contributed by atoms with van der Waals surface area (Å²) in [7, 11) is 1.49. The topological polar surface area (TPSA) is 106 Å². The molecule has 1 aliphatic rings. The number of hydrogen-bond acceptors (Lipinski definition) is 6. The summed E-state index contributed by atoms with van der Waals surface area (Å²) in [5, 5.41) is 16.6. The molecule has 2 aromatic rings. The van der Waals surface area contributed by atoms with Gasteiger partial charge in [0.2, 0.25) is 5.60 Å². The second kappa shape index (κ2) is 9.93. The van der Waals surface area contributed by atoms with E-state index in [2.05, 4.69) is 17.1 Å². The van der Waals surface area contributed by atoms with Crippen LogP contribution in [0.15, 0.2) is 54.2 Å². The van der Waals surface area contributed by atoms with Gasteiger partial charge in [0.05, 0.1) is 30.0 Å². The zero-order valence-corrected chi connectivity index (χ0v) is 18.6. The summed E-state index contributed by atoms with van der Waals surface area (Å²) in [6.45, 7) is 3.91. The van der Waals surface area contributed by atoms with Crippen LogP contribution < -0.4 is 14.8 Å². The Hall–Kier alpha value is -3.23. The maximum atomic E-state index is 13.1. The van der Waals surface area contributed by atoms with Gasteiger partial charge in [-0.1, -0.05) is 41.0 Å². The Labute approximate surface area is 194 Å². The molecule has 0 saturated heterocycles. The number of oxime groups is 1. The first kappa shape index (κ1) is 23.4. The summed E-state index contributed by atoms with van der Waals surface area (Å²) >= 11 is 12.0. The predicted octanol–water partition coefficient (Wildman–Crippen LogP) is 4.54. The van der Waals surface area contributed by atoms with Crippen molar-refractivity contribution in [2.75, 3.05) is 19.0 Å². The van der Waals surface area contributed by atoms with Crippen molar-refractivity contribution in [2.45, 2.75) is 18.4 Å². The second-order valence-electron chi connectivity index (χ2n) is 6.91. The second-order valence-corrected chi connectivity index (χ2v) is 7.76. The van der Waals surface area contributed by atoms with Crippen molar-refractivity contribution >= 4 is 46.5 Å². The Balaban J connectivity index is 1.85. The Bertz CT molecular complexity index is 1090. The van der Waals surface area contributed by atoms with Crippen molar-refractivity contribution < 1.29 is 29.0 Å². The molecule has 0 aliphatic carbocycles. The fraction of sp³-hybridized carbons (Fsp3) is 0.227. The van der Waals surface area contributed by atoms with E-state index < -0.39 is 23.9 Å². The molecule has 0 saturated carbocycles. The number of carbonyl (C=O) groups is 2. The first-order chi connectivity index (χ1) is 15.3. The van der Waals surface area contributed by atoms with E-state index in [-0.39, 0.29) is 17.1 Å². The number of amides is 1. The molecule has 3 rings (SSSR count). The van der Waals surface area contributed by atoms with Gasteiger partial charge in [0.15, 0.2) is 11.5 Å². The summed E-state index contributed by atoms with van der Waals surface area (Å²) in [6.07, 6.45) is 0.926. The highest BCUT2D eigenvalue weighted by Crippen LogP contribution is 2.35. The van der Waals surface area contributed by atoms with Crippen molar-refractivity contribution in [2.24, 2.45) is 5.16 Å². The average Bonchev–Trinajstić information content (AvgIpc) is 3.18. The third-order valence-corrected chi connectivity index (χ3v) is 5.21. The Morgan fingerprint density at radius 2 is 2.06 bits per heavy atom. The lowest BCUT2D eigenvalue weighted by Crippen LogP contribution is -2.45. The number of carbonyl (C=O) groups excluding carboxylic acids is 1. The zero-order chi connectivity index (χ0) is 23.3.